The van der Waals surface area contributed by atoms with Gasteiger partial charge in [-0.1, -0.05) is 13.0 Å². The summed E-state index contributed by atoms with van der Waals surface area (Å²) in [6.45, 7) is 3.76. The van der Waals surface area contributed by atoms with E-state index in [1.807, 2.05) is 0 Å². The average molecular weight is 431 g/mol. The van der Waals surface area contributed by atoms with E-state index >= 15 is 0 Å². The fourth-order valence-electron chi connectivity index (χ4n) is 3.85. The molecular weight excluding hydrogens is 409 g/mol. The van der Waals surface area contributed by atoms with E-state index in [4.69, 9.17) is 0 Å². The predicted octanol–water partition coefficient (Wildman–Crippen LogP) is 2.10. The topological polar surface area (TPSA) is 78.0 Å². The molecule has 0 aromatic heterocycles. The first-order valence-corrected chi connectivity index (χ1v) is 11.3. The van der Waals surface area contributed by atoms with Gasteiger partial charge in [-0.05, 0) is 42.5 Å². The number of sulfonamides is 1. The normalized spacial score (nSPS) is 21.2. The van der Waals surface area contributed by atoms with Crippen molar-refractivity contribution in [2.24, 2.45) is 5.92 Å². The number of anilines is 2. The van der Waals surface area contributed by atoms with Crippen LogP contribution in [-0.4, -0.2) is 57.1 Å². The Labute approximate surface area is 174 Å². The summed E-state index contributed by atoms with van der Waals surface area (Å²) >= 11 is 0. The molecule has 0 saturated carbocycles. The maximum absolute atomic E-state index is 13.1. The van der Waals surface area contributed by atoms with Crippen molar-refractivity contribution >= 4 is 33.2 Å². The van der Waals surface area contributed by atoms with Crippen LogP contribution in [0.15, 0.2) is 48.5 Å². The van der Waals surface area contributed by atoms with Crippen molar-refractivity contribution in [3.8, 4) is 0 Å². The molecule has 7 nitrogen and oxygen atoms in total. The summed E-state index contributed by atoms with van der Waals surface area (Å²) in [5, 5.41) is 0. The van der Waals surface area contributed by atoms with Crippen molar-refractivity contribution in [1.82, 2.24) is 4.90 Å². The lowest BCUT2D eigenvalue weighted by Crippen LogP contribution is -2.48. The SMILES string of the molecule is C[C@@H]1CS(=O)(=O)N(c2cccc(C(=O)N3CCN(c4ccc(F)cc4)CC3)c2)C1=O. The van der Waals surface area contributed by atoms with E-state index < -0.39 is 21.8 Å². The first kappa shape index (κ1) is 20.3. The molecule has 2 aromatic rings. The number of hydrogen-bond donors (Lipinski definition) is 0. The Hall–Kier alpha value is -2.94. The summed E-state index contributed by atoms with van der Waals surface area (Å²) in [6.07, 6.45) is 0. The zero-order chi connectivity index (χ0) is 21.5. The Balaban J connectivity index is 1.48. The number of halogens is 1. The van der Waals surface area contributed by atoms with Gasteiger partial charge in [0.25, 0.3) is 5.91 Å². The van der Waals surface area contributed by atoms with Crippen LogP contribution in [0.25, 0.3) is 0 Å². The molecule has 0 unspecified atom stereocenters. The molecule has 0 bridgehead atoms. The van der Waals surface area contributed by atoms with E-state index in [9.17, 15) is 22.4 Å². The number of hydrogen-bond acceptors (Lipinski definition) is 5. The lowest BCUT2D eigenvalue weighted by Gasteiger charge is -2.36. The molecule has 2 saturated heterocycles. The lowest BCUT2D eigenvalue weighted by atomic mass is 10.1. The van der Waals surface area contributed by atoms with Crippen LogP contribution in [0, 0.1) is 11.7 Å². The van der Waals surface area contributed by atoms with Gasteiger partial charge < -0.3 is 9.80 Å². The van der Waals surface area contributed by atoms with Crippen molar-refractivity contribution in [1.29, 1.82) is 0 Å². The molecule has 2 aliphatic rings. The monoisotopic (exact) mass is 431 g/mol. The number of nitrogens with zero attached hydrogens (tertiary/aromatic N) is 3. The van der Waals surface area contributed by atoms with Crippen LogP contribution in [0.2, 0.25) is 0 Å². The quantitative estimate of drug-likeness (QED) is 0.744. The third-order valence-corrected chi connectivity index (χ3v) is 7.32. The first-order valence-electron chi connectivity index (χ1n) is 9.73. The lowest BCUT2D eigenvalue weighted by molar-refractivity contribution is -0.119. The highest BCUT2D eigenvalue weighted by Crippen LogP contribution is 2.29. The highest BCUT2D eigenvalue weighted by molar-refractivity contribution is 7.94. The second-order valence-corrected chi connectivity index (χ2v) is 9.45. The highest BCUT2D eigenvalue weighted by Gasteiger charge is 2.42. The number of rotatable bonds is 3. The first-order chi connectivity index (χ1) is 14.3. The van der Waals surface area contributed by atoms with E-state index in [0.717, 1.165) is 9.99 Å². The molecule has 0 radical (unpaired) electrons. The number of benzene rings is 2. The minimum atomic E-state index is -3.72. The van der Waals surface area contributed by atoms with Gasteiger partial charge in [0.1, 0.15) is 5.82 Å². The van der Waals surface area contributed by atoms with E-state index in [2.05, 4.69) is 4.90 Å². The molecule has 0 aliphatic carbocycles. The zero-order valence-electron chi connectivity index (χ0n) is 16.5. The Morgan fingerprint density at radius 1 is 1.00 bits per heavy atom. The van der Waals surface area contributed by atoms with Crippen LogP contribution in [0.3, 0.4) is 0 Å². The van der Waals surface area contributed by atoms with Gasteiger partial charge in [0.2, 0.25) is 15.9 Å². The fraction of sp³-hybridized carbons (Fsp3) is 0.333. The van der Waals surface area contributed by atoms with E-state index in [1.54, 1.807) is 36.1 Å². The molecular formula is C21H22FN3O4S. The number of amides is 2. The Kier molecular flexibility index (Phi) is 5.23. The minimum Gasteiger partial charge on any atom is -0.368 e. The maximum Gasteiger partial charge on any atom is 0.254 e. The molecule has 2 aliphatic heterocycles. The summed E-state index contributed by atoms with van der Waals surface area (Å²) in [5.41, 5.74) is 1.43. The second-order valence-electron chi connectivity index (χ2n) is 7.59. The Bertz CT molecular complexity index is 1080. The molecule has 4 rings (SSSR count). The summed E-state index contributed by atoms with van der Waals surface area (Å²) < 4.78 is 38.6. The van der Waals surface area contributed by atoms with Crippen LogP contribution in [-0.2, 0) is 14.8 Å². The molecule has 2 heterocycles. The van der Waals surface area contributed by atoms with Gasteiger partial charge in [-0.2, -0.15) is 0 Å². The van der Waals surface area contributed by atoms with Crippen LogP contribution >= 0.6 is 0 Å². The standard InChI is InChI=1S/C21H22FN3O4S/c1-15-14-30(28,29)25(20(15)26)19-4-2-3-16(13-19)21(27)24-11-9-23(10-12-24)18-7-5-17(22)6-8-18/h2-8,13,15H,9-12,14H2,1H3/t15-/m1/s1. The summed E-state index contributed by atoms with van der Waals surface area (Å²) in [4.78, 5) is 29.1. The molecule has 0 N–H and O–H groups in total. The Morgan fingerprint density at radius 2 is 1.67 bits per heavy atom. The number of carbonyl (C=O) groups excluding carboxylic acids is 2. The van der Waals surface area contributed by atoms with E-state index in [-0.39, 0.29) is 23.2 Å². The molecule has 158 valence electrons. The van der Waals surface area contributed by atoms with Gasteiger partial charge in [-0.25, -0.2) is 17.1 Å². The van der Waals surface area contributed by atoms with Gasteiger partial charge in [0.05, 0.1) is 17.4 Å². The zero-order valence-corrected chi connectivity index (χ0v) is 17.3. The summed E-state index contributed by atoms with van der Waals surface area (Å²) in [6, 6.07) is 12.4. The Morgan fingerprint density at radius 3 is 2.27 bits per heavy atom. The van der Waals surface area contributed by atoms with Gasteiger partial charge in [-0.15, -0.1) is 0 Å². The van der Waals surface area contributed by atoms with Crippen LogP contribution in [0.5, 0.6) is 0 Å². The van der Waals surface area contributed by atoms with Crippen molar-refractivity contribution in [2.45, 2.75) is 6.92 Å². The summed E-state index contributed by atoms with van der Waals surface area (Å²) in [7, 11) is -3.72. The third-order valence-electron chi connectivity index (χ3n) is 5.45. The average Bonchev–Trinajstić information content (AvgIpc) is 2.94. The van der Waals surface area contributed by atoms with Crippen LogP contribution in [0.4, 0.5) is 15.8 Å². The molecule has 2 amide bonds. The van der Waals surface area contributed by atoms with Crippen LogP contribution < -0.4 is 9.21 Å². The van der Waals surface area contributed by atoms with Crippen molar-refractivity contribution in [3.05, 3.63) is 59.9 Å². The highest BCUT2D eigenvalue weighted by atomic mass is 32.2. The van der Waals surface area contributed by atoms with E-state index in [0.29, 0.717) is 31.7 Å². The smallest absolute Gasteiger partial charge is 0.254 e. The van der Waals surface area contributed by atoms with E-state index in [1.165, 1.54) is 24.3 Å². The molecule has 9 heteroatoms. The van der Waals surface area contributed by atoms with Crippen molar-refractivity contribution in [3.63, 3.8) is 0 Å². The molecule has 30 heavy (non-hydrogen) atoms. The molecule has 2 fully saturated rings. The van der Waals surface area contributed by atoms with Gasteiger partial charge in [-0.3, -0.25) is 9.59 Å². The molecule has 1 atom stereocenters. The van der Waals surface area contributed by atoms with Crippen molar-refractivity contribution < 1.29 is 22.4 Å². The molecule has 0 spiro atoms. The predicted molar refractivity (Wildman–Crippen MR) is 111 cm³/mol. The van der Waals surface area contributed by atoms with Gasteiger partial charge >= 0.3 is 0 Å². The molecule has 2 aromatic carbocycles. The minimum absolute atomic E-state index is 0.195. The van der Waals surface area contributed by atoms with Gasteiger partial charge in [0.15, 0.2) is 0 Å². The third kappa shape index (κ3) is 3.77. The largest absolute Gasteiger partial charge is 0.368 e. The fourth-order valence-corrected chi connectivity index (χ4v) is 5.67. The van der Waals surface area contributed by atoms with Gasteiger partial charge in [0, 0.05) is 37.4 Å². The number of carbonyl (C=O) groups is 2. The second kappa shape index (κ2) is 7.71. The number of piperazine rings is 1. The maximum atomic E-state index is 13.1. The summed E-state index contributed by atoms with van der Waals surface area (Å²) in [5.74, 6) is -1.82. The van der Waals surface area contributed by atoms with Crippen molar-refractivity contribution in [2.75, 3.05) is 41.1 Å². The van der Waals surface area contributed by atoms with Crippen LogP contribution in [0.1, 0.15) is 17.3 Å².